The van der Waals surface area contributed by atoms with E-state index >= 15 is 0 Å². The molecule has 0 aliphatic rings. The highest BCUT2D eigenvalue weighted by molar-refractivity contribution is 5.64. The number of halogens is 2. The van der Waals surface area contributed by atoms with Crippen LogP contribution >= 0.6 is 0 Å². The van der Waals surface area contributed by atoms with Crippen LogP contribution in [0.3, 0.4) is 0 Å². The lowest BCUT2D eigenvalue weighted by Gasteiger charge is -2.06. The number of benzene rings is 1. The summed E-state index contributed by atoms with van der Waals surface area (Å²) in [7, 11) is 0. The molecule has 0 saturated carbocycles. The van der Waals surface area contributed by atoms with Gasteiger partial charge in [-0.15, -0.1) is 0 Å². The van der Waals surface area contributed by atoms with Crippen molar-refractivity contribution in [3.8, 4) is 11.1 Å². The van der Waals surface area contributed by atoms with Gasteiger partial charge in [0, 0.05) is 18.0 Å². The fraction of sp³-hybridized carbons (Fsp3) is 0.154. The van der Waals surface area contributed by atoms with Gasteiger partial charge in [0.1, 0.15) is 11.6 Å². The van der Waals surface area contributed by atoms with E-state index in [0.29, 0.717) is 17.5 Å². The van der Waals surface area contributed by atoms with Gasteiger partial charge < -0.3 is 0 Å². The lowest BCUT2D eigenvalue weighted by atomic mass is 10.0. The Morgan fingerprint density at radius 2 is 1.88 bits per heavy atom. The molecule has 1 aromatic carbocycles. The SMILES string of the molecule is CCc1cc(F)c(-c2cccnc2)c(F)c1. The molecule has 0 aliphatic carbocycles. The van der Waals surface area contributed by atoms with E-state index in [-0.39, 0.29) is 5.56 Å². The van der Waals surface area contributed by atoms with Gasteiger partial charge in [0.15, 0.2) is 0 Å². The van der Waals surface area contributed by atoms with E-state index in [2.05, 4.69) is 4.98 Å². The monoisotopic (exact) mass is 219 g/mol. The molecule has 1 nitrogen and oxygen atoms in total. The van der Waals surface area contributed by atoms with Crippen LogP contribution in [0.5, 0.6) is 0 Å². The first-order chi connectivity index (χ1) is 7.72. The zero-order valence-electron chi connectivity index (χ0n) is 8.87. The van der Waals surface area contributed by atoms with Gasteiger partial charge in [0.25, 0.3) is 0 Å². The van der Waals surface area contributed by atoms with Crippen LogP contribution in [-0.4, -0.2) is 4.98 Å². The summed E-state index contributed by atoms with van der Waals surface area (Å²) in [6.45, 7) is 1.86. The van der Waals surface area contributed by atoms with Gasteiger partial charge in [-0.1, -0.05) is 13.0 Å². The highest BCUT2D eigenvalue weighted by atomic mass is 19.1. The highest BCUT2D eigenvalue weighted by Crippen LogP contribution is 2.26. The van der Waals surface area contributed by atoms with Gasteiger partial charge in [-0.25, -0.2) is 8.78 Å². The van der Waals surface area contributed by atoms with Crippen LogP contribution in [-0.2, 0) is 6.42 Å². The summed E-state index contributed by atoms with van der Waals surface area (Å²) in [6, 6.07) is 6.03. The maximum absolute atomic E-state index is 13.7. The maximum atomic E-state index is 13.7. The van der Waals surface area contributed by atoms with Crippen molar-refractivity contribution in [1.82, 2.24) is 4.98 Å². The molecule has 1 heterocycles. The third-order valence-electron chi connectivity index (χ3n) is 2.46. The molecule has 0 unspecified atom stereocenters. The topological polar surface area (TPSA) is 12.9 Å². The highest BCUT2D eigenvalue weighted by Gasteiger charge is 2.12. The number of hydrogen-bond donors (Lipinski definition) is 0. The van der Waals surface area contributed by atoms with E-state index in [1.54, 1.807) is 18.3 Å². The molecular formula is C13H11F2N. The number of pyridine rings is 1. The van der Waals surface area contributed by atoms with Crippen molar-refractivity contribution in [1.29, 1.82) is 0 Å². The van der Waals surface area contributed by atoms with Crippen molar-refractivity contribution in [2.45, 2.75) is 13.3 Å². The quantitative estimate of drug-likeness (QED) is 0.752. The summed E-state index contributed by atoms with van der Waals surface area (Å²) in [5.74, 6) is -1.07. The molecule has 0 saturated heterocycles. The van der Waals surface area contributed by atoms with Crippen molar-refractivity contribution >= 4 is 0 Å². The smallest absolute Gasteiger partial charge is 0.134 e. The van der Waals surface area contributed by atoms with Gasteiger partial charge >= 0.3 is 0 Å². The van der Waals surface area contributed by atoms with Crippen LogP contribution in [0.2, 0.25) is 0 Å². The summed E-state index contributed by atoms with van der Waals surface area (Å²) in [4.78, 5) is 3.85. The molecule has 0 N–H and O–H groups in total. The number of nitrogens with zero attached hydrogens (tertiary/aromatic N) is 1. The minimum Gasteiger partial charge on any atom is -0.264 e. The molecule has 16 heavy (non-hydrogen) atoms. The van der Waals surface area contributed by atoms with E-state index in [1.807, 2.05) is 6.92 Å². The minimum absolute atomic E-state index is 0.00898. The Morgan fingerprint density at radius 3 is 2.38 bits per heavy atom. The molecule has 2 rings (SSSR count). The maximum Gasteiger partial charge on any atom is 0.134 e. The second-order valence-corrected chi connectivity index (χ2v) is 3.53. The molecule has 82 valence electrons. The average Bonchev–Trinajstić information content (AvgIpc) is 2.29. The largest absolute Gasteiger partial charge is 0.264 e. The van der Waals surface area contributed by atoms with Crippen LogP contribution in [0.15, 0.2) is 36.7 Å². The summed E-state index contributed by atoms with van der Waals surface area (Å²) >= 11 is 0. The van der Waals surface area contributed by atoms with Gasteiger partial charge in [-0.3, -0.25) is 4.98 Å². The van der Waals surface area contributed by atoms with E-state index in [9.17, 15) is 8.78 Å². The van der Waals surface area contributed by atoms with Crippen LogP contribution in [0.4, 0.5) is 8.78 Å². The number of rotatable bonds is 2. The second-order valence-electron chi connectivity index (χ2n) is 3.53. The number of aryl methyl sites for hydroxylation is 1. The van der Waals surface area contributed by atoms with Crippen molar-refractivity contribution in [3.63, 3.8) is 0 Å². The first-order valence-corrected chi connectivity index (χ1v) is 5.10. The van der Waals surface area contributed by atoms with Crippen molar-refractivity contribution < 1.29 is 8.78 Å². The Morgan fingerprint density at radius 1 is 1.19 bits per heavy atom. The molecule has 2 aromatic rings. The van der Waals surface area contributed by atoms with E-state index in [1.165, 1.54) is 18.3 Å². The molecule has 3 heteroatoms. The third kappa shape index (κ3) is 1.94. The third-order valence-corrected chi connectivity index (χ3v) is 2.46. The summed E-state index contributed by atoms with van der Waals surface area (Å²) < 4.78 is 27.4. The van der Waals surface area contributed by atoms with Gasteiger partial charge in [0.05, 0.1) is 5.56 Å². The van der Waals surface area contributed by atoms with Gasteiger partial charge in [-0.05, 0) is 30.2 Å². The van der Waals surface area contributed by atoms with E-state index in [4.69, 9.17) is 0 Å². The predicted molar refractivity (Wildman–Crippen MR) is 59.0 cm³/mol. The molecule has 0 atom stereocenters. The summed E-state index contributed by atoms with van der Waals surface area (Å²) in [5, 5.41) is 0. The first kappa shape index (κ1) is 10.7. The molecule has 0 aliphatic heterocycles. The van der Waals surface area contributed by atoms with Crippen molar-refractivity contribution in [2.24, 2.45) is 0 Å². The first-order valence-electron chi connectivity index (χ1n) is 5.10. The number of aromatic nitrogens is 1. The van der Waals surface area contributed by atoms with Crippen LogP contribution in [0, 0.1) is 11.6 Å². The van der Waals surface area contributed by atoms with Gasteiger partial charge in [-0.2, -0.15) is 0 Å². The zero-order valence-corrected chi connectivity index (χ0v) is 8.87. The average molecular weight is 219 g/mol. The fourth-order valence-corrected chi connectivity index (χ4v) is 1.62. The Labute approximate surface area is 92.8 Å². The lowest BCUT2D eigenvalue weighted by molar-refractivity contribution is 0.586. The summed E-state index contributed by atoms with van der Waals surface area (Å²) in [6.07, 6.45) is 3.63. The predicted octanol–water partition coefficient (Wildman–Crippen LogP) is 3.59. The van der Waals surface area contributed by atoms with Crippen molar-refractivity contribution in [2.75, 3.05) is 0 Å². The molecular weight excluding hydrogens is 208 g/mol. The van der Waals surface area contributed by atoms with E-state index in [0.717, 1.165) is 0 Å². The van der Waals surface area contributed by atoms with Gasteiger partial charge in [0.2, 0.25) is 0 Å². The molecule has 0 amide bonds. The lowest BCUT2D eigenvalue weighted by Crippen LogP contribution is -1.93. The Bertz CT molecular complexity index is 472. The Balaban J connectivity index is 2.58. The molecule has 1 aromatic heterocycles. The Kier molecular flexibility index (Phi) is 2.95. The molecule has 0 fully saturated rings. The van der Waals surface area contributed by atoms with Crippen LogP contribution < -0.4 is 0 Å². The zero-order chi connectivity index (χ0) is 11.5. The fourth-order valence-electron chi connectivity index (χ4n) is 1.62. The Hall–Kier alpha value is -1.77. The van der Waals surface area contributed by atoms with E-state index < -0.39 is 11.6 Å². The minimum atomic E-state index is -0.537. The van der Waals surface area contributed by atoms with Crippen LogP contribution in [0.25, 0.3) is 11.1 Å². The molecule has 0 bridgehead atoms. The molecule has 0 spiro atoms. The summed E-state index contributed by atoms with van der Waals surface area (Å²) in [5.41, 5.74) is 1.10. The van der Waals surface area contributed by atoms with Crippen LogP contribution in [0.1, 0.15) is 12.5 Å². The molecule has 0 radical (unpaired) electrons. The standard InChI is InChI=1S/C13H11F2N/c1-2-9-6-11(14)13(12(15)7-9)10-4-3-5-16-8-10/h3-8H,2H2,1H3. The number of hydrogen-bond acceptors (Lipinski definition) is 1. The normalized spacial score (nSPS) is 10.4. The second kappa shape index (κ2) is 4.39. The van der Waals surface area contributed by atoms with Crippen molar-refractivity contribution in [3.05, 3.63) is 53.9 Å².